The molecule has 2 nitrogen and oxygen atoms in total. The van der Waals surface area contributed by atoms with Gasteiger partial charge in [-0.1, -0.05) is 20.3 Å². The van der Waals surface area contributed by atoms with Crippen LogP contribution in [0.5, 0.6) is 0 Å². The molecule has 0 saturated carbocycles. The van der Waals surface area contributed by atoms with Crippen molar-refractivity contribution in [2.75, 3.05) is 0 Å². The molecule has 1 heterocycles. The van der Waals surface area contributed by atoms with Gasteiger partial charge in [-0.25, -0.2) is 4.79 Å². The van der Waals surface area contributed by atoms with Gasteiger partial charge in [0.2, 0.25) is 0 Å². The zero-order chi connectivity index (χ0) is 13.1. The Morgan fingerprint density at radius 1 is 1.35 bits per heavy atom. The summed E-state index contributed by atoms with van der Waals surface area (Å²) in [5.41, 5.74) is 1.53. The first-order valence-corrected chi connectivity index (χ1v) is 7.09. The van der Waals surface area contributed by atoms with E-state index in [1.54, 1.807) is 11.3 Å². The Kier molecular flexibility index (Phi) is 4.75. The van der Waals surface area contributed by atoms with E-state index in [9.17, 15) is 4.79 Å². The smallest absolute Gasteiger partial charge is 0.339 e. The molecule has 0 unspecified atom stereocenters. The Hall–Kier alpha value is -0.830. The van der Waals surface area contributed by atoms with E-state index in [2.05, 4.69) is 13.8 Å². The fraction of sp³-hybridized carbons (Fsp3) is 0.643. The van der Waals surface area contributed by atoms with Crippen molar-refractivity contribution in [3.63, 3.8) is 0 Å². The number of rotatable bonds is 4. The molecule has 0 fully saturated rings. The number of carbonyl (C=O) groups excluding carboxylic acids is 1. The summed E-state index contributed by atoms with van der Waals surface area (Å²) in [6.07, 6.45) is 3.00. The molecule has 96 valence electrons. The van der Waals surface area contributed by atoms with Crippen molar-refractivity contribution < 1.29 is 9.53 Å². The fourth-order valence-electron chi connectivity index (χ4n) is 1.75. The van der Waals surface area contributed by atoms with Crippen LogP contribution in [0.15, 0.2) is 5.38 Å². The first kappa shape index (κ1) is 14.2. The Morgan fingerprint density at radius 2 is 2.00 bits per heavy atom. The van der Waals surface area contributed by atoms with Crippen molar-refractivity contribution in [2.45, 2.75) is 59.5 Å². The Balaban J connectivity index is 2.97. The molecular weight excluding hydrogens is 232 g/mol. The quantitative estimate of drug-likeness (QED) is 0.752. The molecule has 0 aliphatic rings. The predicted molar refractivity (Wildman–Crippen MR) is 72.9 cm³/mol. The lowest BCUT2D eigenvalue weighted by atomic mass is 10.0. The largest absolute Gasteiger partial charge is 0.456 e. The van der Waals surface area contributed by atoms with Crippen LogP contribution in [-0.2, 0) is 17.6 Å². The summed E-state index contributed by atoms with van der Waals surface area (Å²) in [7, 11) is 0. The summed E-state index contributed by atoms with van der Waals surface area (Å²) in [6, 6.07) is 0. The highest BCUT2D eigenvalue weighted by Crippen LogP contribution is 2.26. The van der Waals surface area contributed by atoms with Gasteiger partial charge < -0.3 is 4.74 Å². The molecule has 0 aliphatic heterocycles. The molecule has 1 aromatic heterocycles. The van der Waals surface area contributed by atoms with E-state index in [0.717, 1.165) is 24.8 Å². The number of ether oxygens (including phenoxy) is 1. The molecular formula is C14H22O2S. The minimum atomic E-state index is -0.422. The highest BCUT2D eigenvalue weighted by Gasteiger charge is 2.22. The second-order valence-corrected chi connectivity index (χ2v) is 6.12. The van der Waals surface area contributed by atoms with Crippen LogP contribution in [0.4, 0.5) is 0 Å². The summed E-state index contributed by atoms with van der Waals surface area (Å²) in [5, 5.41) is 1.94. The lowest BCUT2D eigenvalue weighted by molar-refractivity contribution is 0.00689. The number of carbonyl (C=O) groups is 1. The summed E-state index contributed by atoms with van der Waals surface area (Å²) < 4.78 is 5.44. The molecule has 0 radical (unpaired) electrons. The van der Waals surface area contributed by atoms with Crippen molar-refractivity contribution in [3.05, 3.63) is 21.4 Å². The zero-order valence-corrected chi connectivity index (χ0v) is 12.2. The normalized spacial score (nSPS) is 11.6. The molecule has 0 aliphatic carbocycles. The van der Waals surface area contributed by atoms with Gasteiger partial charge in [-0.2, -0.15) is 0 Å². The van der Waals surface area contributed by atoms with Crippen LogP contribution in [0.3, 0.4) is 0 Å². The van der Waals surface area contributed by atoms with Crippen LogP contribution in [0.1, 0.15) is 61.8 Å². The van der Waals surface area contributed by atoms with E-state index >= 15 is 0 Å². The molecule has 1 rings (SSSR count). The third kappa shape index (κ3) is 3.84. The molecule has 0 aromatic carbocycles. The molecule has 0 N–H and O–H groups in total. The molecule has 0 atom stereocenters. The maximum absolute atomic E-state index is 12.1. The molecule has 0 amide bonds. The van der Waals surface area contributed by atoms with E-state index in [0.29, 0.717) is 0 Å². The number of aryl methyl sites for hydroxylation is 1. The fourth-order valence-corrected chi connectivity index (χ4v) is 2.77. The number of esters is 1. The highest BCUT2D eigenvalue weighted by molar-refractivity contribution is 7.10. The summed E-state index contributed by atoms with van der Waals surface area (Å²) in [6.45, 7) is 9.96. The highest BCUT2D eigenvalue weighted by atomic mass is 32.1. The third-order valence-electron chi connectivity index (χ3n) is 2.42. The van der Waals surface area contributed by atoms with Gasteiger partial charge in [0.15, 0.2) is 0 Å². The van der Waals surface area contributed by atoms with Crippen LogP contribution in [0.2, 0.25) is 0 Å². The summed E-state index contributed by atoms with van der Waals surface area (Å²) in [4.78, 5) is 13.4. The van der Waals surface area contributed by atoms with Crippen molar-refractivity contribution in [1.29, 1.82) is 0 Å². The first-order chi connectivity index (χ1) is 7.89. The molecule has 17 heavy (non-hydrogen) atoms. The Morgan fingerprint density at radius 3 is 2.47 bits per heavy atom. The van der Waals surface area contributed by atoms with Gasteiger partial charge in [0.25, 0.3) is 0 Å². The van der Waals surface area contributed by atoms with Gasteiger partial charge in [0.05, 0.1) is 5.56 Å². The maximum Gasteiger partial charge on any atom is 0.339 e. The molecule has 0 saturated heterocycles. The van der Waals surface area contributed by atoms with E-state index in [1.165, 1.54) is 10.4 Å². The number of thiophene rings is 1. The van der Waals surface area contributed by atoms with Crippen molar-refractivity contribution in [3.8, 4) is 0 Å². The predicted octanol–water partition coefficient (Wildman–Crippen LogP) is 4.22. The first-order valence-electron chi connectivity index (χ1n) is 6.21. The van der Waals surface area contributed by atoms with Crippen LogP contribution in [-0.4, -0.2) is 11.6 Å². The van der Waals surface area contributed by atoms with Gasteiger partial charge in [0.1, 0.15) is 5.60 Å². The topological polar surface area (TPSA) is 26.3 Å². The van der Waals surface area contributed by atoms with E-state index in [-0.39, 0.29) is 5.97 Å². The third-order valence-corrected chi connectivity index (χ3v) is 3.59. The van der Waals surface area contributed by atoms with Crippen LogP contribution < -0.4 is 0 Å². The Bertz CT molecular complexity index is 385. The zero-order valence-electron chi connectivity index (χ0n) is 11.4. The number of hydrogen-bond acceptors (Lipinski definition) is 3. The van der Waals surface area contributed by atoms with E-state index < -0.39 is 5.60 Å². The standard InChI is InChI=1S/C14H22O2S/c1-6-8-10-11(9-17-12(10)7-2)13(15)16-14(3,4)5/h9H,6-8H2,1-5H3. The average molecular weight is 254 g/mol. The van der Waals surface area contributed by atoms with E-state index in [1.807, 2.05) is 26.2 Å². The van der Waals surface area contributed by atoms with Crippen molar-refractivity contribution in [1.82, 2.24) is 0 Å². The van der Waals surface area contributed by atoms with Crippen molar-refractivity contribution >= 4 is 17.3 Å². The molecule has 0 bridgehead atoms. The van der Waals surface area contributed by atoms with Crippen molar-refractivity contribution in [2.24, 2.45) is 0 Å². The minimum Gasteiger partial charge on any atom is -0.456 e. The van der Waals surface area contributed by atoms with Gasteiger partial charge in [-0.05, 0) is 39.2 Å². The summed E-state index contributed by atoms with van der Waals surface area (Å²) >= 11 is 1.67. The number of hydrogen-bond donors (Lipinski definition) is 0. The van der Waals surface area contributed by atoms with E-state index in [4.69, 9.17) is 4.74 Å². The monoisotopic (exact) mass is 254 g/mol. The lowest BCUT2D eigenvalue weighted by Crippen LogP contribution is -2.24. The van der Waals surface area contributed by atoms with Crippen LogP contribution in [0, 0.1) is 0 Å². The van der Waals surface area contributed by atoms with Gasteiger partial charge in [-0.3, -0.25) is 0 Å². The average Bonchev–Trinajstić information content (AvgIpc) is 2.59. The van der Waals surface area contributed by atoms with Crippen LogP contribution >= 0.6 is 11.3 Å². The maximum atomic E-state index is 12.1. The SMILES string of the molecule is CCCc1c(C(=O)OC(C)(C)C)csc1CC. The molecule has 3 heteroatoms. The summed E-state index contributed by atoms with van der Waals surface area (Å²) in [5.74, 6) is -0.183. The van der Waals surface area contributed by atoms with Crippen LogP contribution in [0.25, 0.3) is 0 Å². The molecule has 0 spiro atoms. The minimum absolute atomic E-state index is 0.183. The Labute approximate surface area is 108 Å². The second kappa shape index (κ2) is 5.67. The van der Waals surface area contributed by atoms with Gasteiger partial charge >= 0.3 is 5.97 Å². The lowest BCUT2D eigenvalue weighted by Gasteiger charge is -2.19. The van der Waals surface area contributed by atoms with Gasteiger partial charge in [0, 0.05) is 10.3 Å². The second-order valence-electron chi connectivity index (χ2n) is 5.16. The molecule has 1 aromatic rings. The van der Waals surface area contributed by atoms with Gasteiger partial charge in [-0.15, -0.1) is 11.3 Å².